The SMILES string of the molecule is O=C(O)CN(C(=O)[C@H]1CC(=O)N(c2cc(F)cc(F)c2)C1)C1CCOCC1. The molecule has 2 heterocycles. The normalized spacial score (nSPS) is 20.7. The minimum absolute atomic E-state index is 0.0418. The Bertz CT molecular complexity index is 731. The van der Waals surface area contributed by atoms with E-state index in [9.17, 15) is 23.2 Å². The summed E-state index contributed by atoms with van der Waals surface area (Å²) in [5.41, 5.74) is 0.0450. The van der Waals surface area contributed by atoms with E-state index in [1.807, 2.05) is 0 Å². The van der Waals surface area contributed by atoms with Gasteiger partial charge in [-0.3, -0.25) is 14.4 Å². The number of hydrogen-bond donors (Lipinski definition) is 1. The summed E-state index contributed by atoms with van der Waals surface area (Å²) in [6.45, 7) is 0.376. The first-order chi connectivity index (χ1) is 12.8. The van der Waals surface area contributed by atoms with E-state index in [-0.39, 0.29) is 24.7 Å². The number of halogens is 2. The second-order valence-corrected chi connectivity index (χ2v) is 6.74. The van der Waals surface area contributed by atoms with Gasteiger partial charge in [-0.25, -0.2) is 8.78 Å². The van der Waals surface area contributed by atoms with Gasteiger partial charge in [-0.15, -0.1) is 0 Å². The van der Waals surface area contributed by atoms with Gasteiger partial charge in [0.05, 0.1) is 5.92 Å². The molecule has 2 aliphatic rings. The van der Waals surface area contributed by atoms with Gasteiger partial charge in [0.1, 0.15) is 18.2 Å². The molecule has 2 saturated heterocycles. The van der Waals surface area contributed by atoms with Gasteiger partial charge in [-0.05, 0) is 25.0 Å². The zero-order chi connectivity index (χ0) is 19.6. The Labute approximate surface area is 154 Å². The second kappa shape index (κ2) is 7.99. The summed E-state index contributed by atoms with van der Waals surface area (Å²) in [6, 6.07) is 2.49. The van der Waals surface area contributed by atoms with Gasteiger partial charge in [0.25, 0.3) is 0 Å². The Balaban J connectivity index is 1.77. The summed E-state index contributed by atoms with van der Waals surface area (Å²) in [5, 5.41) is 9.16. The fourth-order valence-electron chi connectivity index (χ4n) is 3.58. The molecular weight excluding hydrogens is 362 g/mol. The Morgan fingerprint density at radius 2 is 1.81 bits per heavy atom. The number of carbonyl (C=O) groups excluding carboxylic acids is 2. The van der Waals surface area contributed by atoms with Crippen molar-refractivity contribution in [2.45, 2.75) is 25.3 Å². The van der Waals surface area contributed by atoms with Gasteiger partial charge < -0.3 is 19.6 Å². The third-order valence-corrected chi connectivity index (χ3v) is 4.85. The molecule has 2 aliphatic heterocycles. The molecule has 0 radical (unpaired) electrons. The van der Waals surface area contributed by atoms with Crippen LogP contribution in [0.15, 0.2) is 18.2 Å². The molecule has 0 aromatic heterocycles. The van der Waals surface area contributed by atoms with Crippen molar-refractivity contribution in [1.82, 2.24) is 4.90 Å². The lowest BCUT2D eigenvalue weighted by atomic mass is 10.0. The molecule has 0 saturated carbocycles. The van der Waals surface area contributed by atoms with Crippen LogP contribution in [0.1, 0.15) is 19.3 Å². The average molecular weight is 382 g/mol. The number of ether oxygens (including phenoxy) is 1. The van der Waals surface area contributed by atoms with E-state index < -0.39 is 41.9 Å². The lowest BCUT2D eigenvalue weighted by molar-refractivity contribution is -0.149. The van der Waals surface area contributed by atoms with E-state index in [1.54, 1.807) is 0 Å². The van der Waals surface area contributed by atoms with E-state index in [1.165, 1.54) is 4.90 Å². The second-order valence-electron chi connectivity index (χ2n) is 6.74. The molecule has 146 valence electrons. The Hall–Kier alpha value is -2.55. The molecule has 0 aliphatic carbocycles. The Morgan fingerprint density at radius 1 is 1.19 bits per heavy atom. The minimum Gasteiger partial charge on any atom is -0.480 e. The van der Waals surface area contributed by atoms with Gasteiger partial charge in [0.2, 0.25) is 11.8 Å². The van der Waals surface area contributed by atoms with Gasteiger partial charge in [-0.1, -0.05) is 0 Å². The molecule has 2 amide bonds. The monoisotopic (exact) mass is 382 g/mol. The van der Waals surface area contributed by atoms with E-state index in [4.69, 9.17) is 9.84 Å². The molecule has 0 bridgehead atoms. The number of carboxylic acid groups (broad SMARTS) is 1. The summed E-state index contributed by atoms with van der Waals surface area (Å²) in [7, 11) is 0. The van der Waals surface area contributed by atoms with Crippen molar-refractivity contribution < 1.29 is 33.0 Å². The number of carboxylic acids is 1. The molecule has 1 aromatic carbocycles. The fourth-order valence-corrected chi connectivity index (χ4v) is 3.58. The molecule has 1 N–H and O–H groups in total. The molecule has 0 unspecified atom stereocenters. The molecule has 3 rings (SSSR count). The van der Waals surface area contributed by atoms with E-state index in [0.29, 0.717) is 32.1 Å². The van der Waals surface area contributed by atoms with E-state index >= 15 is 0 Å². The maximum absolute atomic E-state index is 13.4. The van der Waals surface area contributed by atoms with Crippen molar-refractivity contribution in [3.8, 4) is 0 Å². The Kier molecular flexibility index (Phi) is 5.69. The molecule has 0 spiro atoms. The number of aliphatic carboxylic acids is 1. The molecule has 2 fully saturated rings. The lowest BCUT2D eigenvalue weighted by Crippen LogP contribution is -2.48. The summed E-state index contributed by atoms with van der Waals surface area (Å²) >= 11 is 0. The Morgan fingerprint density at radius 3 is 2.41 bits per heavy atom. The first-order valence-electron chi connectivity index (χ1n) is 8.71. The van der Waals surface area contributed by atoms with Crippen molar-refractivity contribution >= 4 is 23.5 Å². The molecule has 1 aromatic rings. The van der Waals surface area contributed by atoms with Crippen LogP contribution in [0.5, 0.6) is 0 Å². The van der Waals surface area contributed by atoms with Crippen LogP contribution in [0.3, 0.4) is 0 Å². The smallest absolute Gasteiger partial charge is 0.323 e. The first kappa shape index (κ1) is 19.2. The van der Waals surface area contributed by atoms with Gasteiger partial charge in [-0.2, -0.15) is 0 Å². The van der Waals surface area contributed by atoms with E-state index in [2.05, 4.69) is 0 Å². The average Bonchev–Trinajstić information content (AvgIpc) is 3.01. The topological polar surface area (TPSA) is 87.2 Å². The maximum atomic E-state index is 13.4. The van der Waals surface area contributed by atoms with Crippen molar-refractivity contribution in [2.75, 3.05) is 31.2 Å². The molecular formula is C18H20F2N2O5. The number of carbonyl (C=O) groups is 3. The minimum atomic E-state index is -1.14. The van der Waals surface area contributed by atoms with Crippen molar-refractivity contribution in [3.63, 3.8) is 0 Å². The largest absolute Gasteiger partial charge is 0.480 e. The maximum Gasteiger partial charge on any atom is 0.323 e. The molecule has 7 nitrogen and oxygen atoms in total. The summed E-state index contributed by atoms with van der Waals surface area (Å²) in [4.78, 5) is 38.9. The van der Waals surface area contributed by atoms with Gasteiger partial charge >= 0.3 is 5.97 Å². The fraction of sp³-hybridized carbons (Fsp3) is 0.500. The van der Waals surface area contributed by atoms with Gasteiger partial charge in [0, 0.05) is 44.0 Å². The van der Waals surface area contributed by atoms with Crippen LogP contribution >= 0.6 is 0 Å². The molecule has 1 atom stereocenters. The highest BCUT2D eigenvalue weighted by Crippen LogP contribution is 2.29. The highest BCUT2D eigenvalue weighted by molar-refractivity contribution is 6.00. The van der Waals surface area contributed by atoms with Crippen LogP contribution in [-0.2, 0) is 19.1 Å². The highest BCUT2D eigenvalue weighted by atomic mass is 19.1. The standard InChI is InChI=1S/C18H20F2N2O5/c19-12-6-13(20)8-15(7-12)21-9-11(5-16(21)23)18(26)22(10-17(24)25)14-1-3-27-4-2-14/h6-8,11,14H,1-5,9-10H2,(H,24,25)/t11-/m0/s1. The molecule has 9 heteroatoms. The number of hydrogen-bond acceptors (Lipinski definition) is 4. The zero-order valence-electron chi connectivity index (χ0n) is 14.6. The van der Waals surface area contributed by atoms with Crippen LogP contribution in [0.2, 0.25) is 0 Å². The third-order valence-electron chi connectivity index (χ3n) is 4.85. The van der Waals surface area contributed by atoms with Crippen molar-refractivity contribution in [3.05, 3.63) is 29.8 Å². The number of rotatable bonds is 5. The number of benzene rings is 1. The summed E-state index contributed by atoms with van der Waals surface area (Å²) in [6.07, 6.45) is 0.924. The predicted molar refractivity (Wildman–Crippen MR) is 90.0 cm³/mol. The lowest BCUT2D eigenvalue weighted by Gasteiger charge is -2.34. The molecule has 27 heavy (non-hydrogen) atoms. The third kappa shape index (κ3) is 4.41. The number of anilines is 1. The zero-order valence-corrected chi connectivity index (χ0v) is 14.6. The highest BCUT2D eigenvalue weighted by Gasteiger charge is 2.40. The number of nitrogens with zero attached hydrogens (tertiary/aromatic N) is 2. The van der Waals surface area contributed by atoms with E-state index in [0.717, 1.165) is 17.0 Å². The first-order valence-corrected chi connectivity index (χ1v) is 8.71. The van der Waals surface area contributed by atoms with Crippen LogP contribution in [-0.4, -0.2) is 60.1 Å². The van der Waals surface area contributed by atoms with Crippen molar-refractivity contribution in [1.29, 1.82) is 0 Å². The number of amides is 2. The summed E-state index contributed by atoms with van der Waals surface area (Å²) in [5.74, 6) is -4.39. The van der Waals surface area contributed by atoms with Crippen LogP contribution in [0, 0.1) is 17.6 Å². The van der Waals surface area contributed by atoms with Crippen molar-refractivity contribution in [2.24, 2.45) is 5.92 Å². The van der Waals surface area contributed by atoms with Gasteiger partial charge in [0.15, 0.2) is 0 Å². The predicted octanol–water partition coefficient (Wildman–Crippen LogP) is 1.41. The quantitative estimate of drug-likeness (QED) is 0.832. The van der Waals surface area contributed by atoms with Crippen LogP contribution in [0.25, 0.3) is 0 Å². The van der Waals surface area contributed by atoms with Crippen LogP contribution in [0.4, 0.5) is 14.5 Å². The van der Waals surface area contributed by atoms with Crippen LogP contribution < -0.4 is 4.90 Å². The summed E-state index contributed by atoms with van der Waals surface area (Å²) < 4.78 is 32.2.